The summed E-state index contributed by atoms with van der Waals surface area (Å²) in [5, 5.41) is 11.9. The van der Waals surface area contributed by atoms with Crippen LogP contribution in [0.2, 0.25) is 0 Å². The molecule has 5 heteroatoms. The second-order valence-electron chi connectivity index (χ2n) is 3.36. The zero-order valence-electron chi connectivity index (χ0n) is 7.88. The second kappa shape index (κ2) is 4.08. The lowest BCUT2D eigenvalue weighted by Crippen LogP contribution is -2.40. The number of thiol groups is 1. The van der Waals surface area contributed by atoms with Crippen LogP contribution < -0.4 is 5.32 Å². The Kier molecular flexibility index (Phi) is 2.95. The number of carbonyl (C=O) groups is 1. The Bertz CT molecular complexity index is 371. The molecule has 1 aliphatic rings. The molecule has 0 aromatic heterocycles. The Balaban J connectivity index is 2.20. The number of rotatable bonds is 2. The molecule has 0 spiro atoms. The molecule has 15 heavy (non-hydrogen) atoms. The van der Waals surface area contributed by atoms with E-state index in [1.807, 2.05) is 30.3 Å². The average Bonchev–Trinajstić information content (AvgIpc) is 2.64. The highest BCUT2D eigenvalue weighted by Crippen LogP contribution is 2.42. The van der Waals surface area contributed by atoms with Crippen molar-refractivity contribution in [2.45, 2.75) is 10.2 Å². The van der Waals surface area contributed by atoms with Gasteiger partial charge in [0.2, 0.25) is 0 Å². The molecule has 1 saturated heterocycles. The Hall–Kier alpha value is -0.650. The lowest BCUT2D eigenvalue weighted by molar-refractivity contribution is -0.138. The van der Waals surface area contributed by atoms with E-state index in [2.05, 4.69) is 17.9 Å². The molecular formula is C10H11NO2S2. The van der Waals surface area contributed by atoms with E-state index in [4.69, 9.17) is 5.11 Å². The number of carboxylic acids is 1. The van der Waals surface area contributed by atoms with Crippen molar-refractivity contribution in [1.82, 2.24) is 5.32 Å². The van der Waals surface area contributed by atoms with Crippen molar-refractivity contribution in [3.63, 3.8) is 0 Å². The highest BCUT2D eigenvalue weighted by molar-refractivity contribution is 8.11. The third-order valence-electron chi connectivity index (χ3n) is 2.29. The molecule has 80 valence electrons. The van der Waals surface area contributed by atoms with Crippen LogP contribution in [0.1, 0.15) is 5.56 Å². The predicted octanol–water partition coefficient (Wildman–Crippen LogP) is 1.52. The number of benzene rings is 1. The monoisotopic (exact) mass is 241 g/mol. The molecule has 1 fully saturated rings. The number of hydrogen-bond donors (Lipinski definition) is 3. The fraction of sp³-hybridized carbons (Fsp3) is 0.300. The van der Waals surface area contributed by atoms with Gasteiger partial charge in [-0.15, -0.1) is 24.4 Å². The van der Waals surface area contributed by atoms with Gasteiger partial charge in [0, 0.05) is 5.75 Å². The van der Waals surface area contributed by atoms with Gasteiger partial charge < -0.3 is 5.11 Å². The van der Waals surface area contributed by atoms with Crippen molar-refractivity contribution in [3.05, 3.63) is 35.9 Å². The van der Waals surface area contributed by atoms with Gasteiger partial charge in [0.1, 0.15) is 10.2 Å². The van der Waals surface area contributed by atoms with E-state index in [9.17, 15) is 4.79 Å². The van der Waals surface area contributed by atoms with E-state index < -0.39 is 16.2 Å². The van der Waals surface area contributed by atoms with Crippen LogP contribution in [0.15, 0.2) is 30.3 Å². The minimum Gasteiger partial charge on any atom is -0.480 e. The summed E-state index contributed by atoms with van der Waals surface area (Å²) in [6.45, 7) is 0. The first kappa shape index (κ1) is 10.9. The molecule has 2 atom stereocenters. The molecule has 2 rings (SSSR count). The molecule has 2 unspecified atom stereocenters. The van der Waals surface area contributed by atoms with Crippen LogP contribution in [0.4, 0.5) is 0 Å². The van der Waals surface area contributed by atoms with Crippen molar-refractivity contribution in [2.24, 2.45) is 0 Å². The normalized spacial score (nSPS) is 30.3. The lowest BCUT2D eigenvalue weighted by atomic mass is 10.2. The first-order valence-electron chi connectivity index (χ1n) is 4.54. The van der Waals surface area contributed by atoms with Crippen molar-refractivity contribution in [3.8, 4) is 0 Å². The number of aliphatic carboxylic acids is 1. The zero-order chi connectivity index (χ0) is 10.9. The topological polar surface area (TPSA) is 49.3 Å². The molecule has 0 saturated carbocycles. The summed E-state index contributed by atoms with van der Waals surface area (Å²) in [7, 11) is 0. The van der Waals surface area contributed by atoms with Gasteiger partial charge in [-0.3, -0.25) is 10.1 Å². The number of hydrogen-bond acceptors (Lipinski definition) is 4. The van der Waals surface area contributed by atoms with Crippen LogP contribution in [0.5, 0.6) is 0 Å². The van der Waals surface area contributed by atoms with Crippen molar-refractivity contribution in [1.29, 1.82) is 0 Å². The van der Waals surface area contributed by atoms with E-state index in [-0.39, 0.29) is 0 Å². The van der Waals surface area contributed by atoms with Gasteiger partial charge in [-0.2, -0.15) is 0 Å². The fourth-order valence-electron chi connectivity index (χ4n) is 1.49. The van der Waals surface area contributed by atoms with Crippen molar-refractivity contribution < 1.29 is 9.90 Å². The first-order chi connectivity index (χ1) is 7.12. The molecule has 2 N–H and O–H groups in total. The molecule has 0 amide bonds. The molecule has 3 nitrogen and oxygen atoms in total. The molecule has 1 aromatic carbocycles. The SMILES string of the molecule is O=C(O)C1CSC(S)(c2ccccc2)N1. The fourth-order valence-corrected chi connectivity index (χ4v) is 3.18. The van der Waals surface area contributed by atoms with E-state index in [0.717, 1.165) is 5.56 Å². The van der Waals surface area contributed by atoms with Gasteiger partial charge >= 0.3 is 5.97 Å². The molecule has 0 aliphatic carbocycles. The van der Waals surface area contributed by atoms with E-state index in [0.29, 0.717) is 5.75 Å². The first-order valence-corrected chi connectivity index (χ1v) is 5.97. The van der Waals surface area contributed by atoms with Gasteiger partial charge in [0.25, 0.3) is 0 Å². The number of carboxylic acid groups (broad SMARTS) is 1. The summed E-state index contributed by atoms with van der Waals surface area (Å²) >= 11 is 6.02. The van der Waals surface area contributed by atoms with Crippen LogP contribution in [-0.2, 0) is 9.00 Å². The molecule has 0 bridgehead atoms. The predicted molar refractivity (Wildman–Crippen MR) is 64.1 cm³/mol. The lowest BCUT2D eigenvalue weighted by Gasteiger charge is -2.23. The van der Waals surface area contributed by atoms with E-state index >= 15 is 0 Å². The summed E-state index contributed by atoms with van der Waals surface area (Å²) in [5.41, 5.74) is 0.988. The van der Waals surface area contributed by atoms with Gasteiger partial charge in [0.05, 0.1) is 0 Å². The highest BCUT2D eigenvalue weighted by atomic mass is 32.2. The molecular weight excluding hydrogens is 230 g/mol. The number of nitrogens with one attached hydrogen (secondary N) is 1. The van der Waals surface area contributed by atoms with Crippen LogP contribution in [0.25, 0.3) is 0 Å². The summed E-state index contributed by atoms with van der Waals surface area (Å²) in [4.78, 5) is 10.8. The van der Waals surface area contributed by atoms with Crippen LogP contribution in [0, 0.1) is 0 Å². The van der Waals surface area contributed by atoms with E-state index in [1.54, 1.807) is 0 Å². The van der Waals surface area contributed by atoms with Gasteiger partial charge in [-0.25, -0.2) is 0 Å². The van der Waals surface area contributed by atoms with Crippen LogP contribution >= 0.6 is 24.4 Å². The Morgan fingerprint density at radius 1 is 1.53 bits per heavy atom. The highest BCUT2D eigenvalue weighted by Gasteiger charge is 2.40. The molecule has 1 heterocycles. The maximum Gasteiger partial charge on any atom is 0.321 e. The quantitative estimate of drug-likeness (QED) is 0.687. The molecule has 1 aromatic rings. The summed E-state index contributed by atoms with van der Waals surface area (Å²) in [5.74, 6) is -0.289. The third kappa shape index (κ3) is 2.14. The largest absolute Gasteiger partial charge is 0.480 e. The average molecular weight is 241 g/mol. The second-order valence-corrected chi connectivity index (χ2v) is 5.56. The van der Waals surface area contributed by atoms with Crippen molar-refractivity contribution >= 4 is 30.4 Å². The Labute approximate surface area is 97.7 Å². The summed E-state index contributed by atoms with van der Waals surface area (Å²) in [6, 6.07) is 9.13. The van der Waals surface area contributed by atoms with Gasteiger partial charge in [-0.05, 0) is 5.56 Å². The third-order valence-corrected chi connectivity index (χ3v) is 4.34. The van der Waals surface area contributed by atoms with E-state index in [1.165, 1.54) is 11.8 Å². The van der Waals surface area contributed by atoms with Crippen LogP contribution in [-0.4, -0.2) is 22.9 Å². The van der Waals surface area contributed by atoms with Crippen LogP contribution in [0.3, 0.4) is 0 Å². The minimum atomic E-state index is -0.825. The number of thioether (sulfide) groups is 1. The maximum atomic E-state index is 10.8. The van der Waals surface area contributed by atoms with Gasteiger partial charge in [-0.1, -0.05) is 30.3 Å². The molecule has 1 aliphatic heterocycles. The van der Waals surface area contributed by atoms with Gasteiger partial charge in [0.15, 0.2) is 0 Å². The zero-order valence-corrected chi connectivity index (χ0v) is 9.59. The summed E-state index contributed by atoms with van der Waals surface area (Å²) in [6.07, 6.45) is 0. The minimum absolute atomic E-state index is 0.521. The van der Waals surface area contributed by atoms with Crippen molar-refractivity contribution in [2.75, 3.05) is 5.75 Å². The maximum absolute atomic E-state index is 10.8. The standard InChI is InChI=1S/C10H11NO2S2/c12-9(13)8-6-15-10(14,11-8)7-4-2-1-3-5-7/h1-5,8,11,14H,6H2,(H,12,13). The summed E-state index contributed by atoms with van der Waals surface area (Å²) < 4.78 is -0.579. The molecule has 0 radical (unpaired) electrons. The smallest absolute Gasteiger partial charge is 0.321 e. The Morgan fingerprint density at radius 2 is 2.20 bits per heavy atom. The Morgan fingerprint density at radius 3 is 2.73 bits per heavy atom.